The van der Waals surface area contributed by atoms with Gasteiger partial charge in [0, 0.05) is 19.5 Å². The van der Waals surface area contributed by atoms with Crippen molar-refractivity contribution in [1.82, 2.24) is 9.80 Å². The van der Waals surface area contributed by atoms with Gasteiger partial charge in [0.15, 0.2) is 0 Å². The SMILES string of the molecule is Cc1cc(C2=CCN(C(=O)[C@@]3(C(C)(C)C)[C@@H](C(=O)O)CC(F)(F)CN3C)CC2)cc(C)c1C#N. The van der Waals surface area contributed by atoms with Crippen LogP contribution in [0.25, 0.3) is 5.57 Å². The molecule has 0 aromatic heterocycles. The molecule has 2 aliphatic heterocycles. The van der Waals surface area contributed by atoms with E-state index in [1.54, 1.807) is 25.7 Å². The minimum absolute atomic E-state index is 0.265. The number of likely N-dealkylation sites (N-methyl/N-ethyl adjacent to an activating group) is 1. The molecule has 2 aliphatic rings. The zero-order valence-electron chi connectivity index (χ0n) is 20.7. The molecule has 1 fully saturated rings. The predicted octanol–water partition coefficient (Wildman–Crippen LogP) is 4.25. The van der Waals surface area contributed by atoms with Gasteiger partial charge in [-0.2, -0.15) is 5.26 Å². The lowest BCUT2D eigenvalue weighted by Crippen LogP contribution is -2.74. The van der Waals surface area contributed by atoms with Crippen molar-refractivity contribution in [3.8, 4) is 6.07 Å². The standard InChI is InChI=1S/C26H33F2N3O3/c1-16-11-19(12-17(2)20(16)14-29)18-7-9-31(10-8-18)23(34)26(24(3,4)5)21(22(32)33)13-25(27,28)15-30(26)6/h7,11-12,21H,8-10,13,15H2,1-6H3,(H,32,33)/t21-,26-/m1/s1. The molecule has 0 spiro atoms. The number of halogens is 2. The predicted molar refractivity (Wildman–Crippen MR) is 125 cm³/mol. The summed E-state index contributed by atoms with van der Waals surface area (Å²) in [6, 6.07) is 6.14. The summed E-state index contributed by atoms with van der Waals surface area (Å²) in [6.07, 6.45) is 1.62. The number of nitriles is 1. The normalized spacial score (nSPS) is 25.4. The number of hydrogen-bond acceptors (Lipinski definition) is 4. The Morgan fingerprint density at radius 2 is 1.79 bits per heavy atom. The number of piperidine rings is 1. The highest BCUT2D eigenvalue weighted by Gasteiger charge is 2.66. The third kappa shape index (κ3) is 4.22. The zero-order chi connectivity index (χ0) is 25.6. The van der Waals surface area contributed by atoms with Gasteiger partial charge < -0.3 is 10.0 Å². The summed E-state index contributed by atoms with van der Waals surface area (Å²) in [5.74, 6) is -6.53. The van der Waals surface area contributed by atoms with Crippen molar-refractivity contribution in [1.29, 1.82) is 5.26 Å². The van der Waals surface area contributed by atoms with Gasteiger partial charge in [-0.25, -0.2) is 8.78 Å². The highest BCUT2D eigenvalue weighted by atomic mass is 19.3. The number of carbonyl (C=O) groups is 2. The van der Waals surface area contributed by atoms with E-state index in [2.05, 4.69) is 6.07 Å². The molecule has 6 nitrogen and oxygen atoms in total. The Hall–Kier alpha value is -2.79. The van der Waals surface area contributed by atoms with Crippen LogP contribution < -0.4 is 0 Å². The number of rotatable bonds is 3. The van der Waals surface area contributed by atoms with Gasteiger partial charge in [0.25, 0.3) is 5.92 Å². The fourth-order valence-corrected chi connectivity index (χ4v) is 5.93. The van der Waals surface area contributed by atoms with Gasteiger partial charge in [-0.1, -0.05) is 39.0 Å². The van der Waals surface area contributed by atoms with Gasteiger partial charge in [-0.15, -0.1) is 0 Å². The minimum atomic E-state index is -3.19. The summed E-state index contributed by atoms with van der Waals surface area (Å²) in [5, 5.41) is 19.3. The Morgan fingerprint density at radius 3 is 2.24 bits per heavy atom. The largest absolute Gasteiger partial charge is 0.481 e. The van der Waals surface area contributed by atoms with Crippen LogP contribution in [0.15, 0.2) is 18.2 Å². The van der Waals surface area contributed by atoms with Crippen molar-refractivity contribution >= 4 is 17.4 Å². The Balaban J connectivity index is 1.97. The molecule has 34 heavy (non-hydrogen) atoms. The van der Waals surface area contributed by atoms with Crippen LogP contribution in [-0.4, -0.2) is 64.9 Å². The van der Waals surface area contributed by atoms with E-state index in [9.17, 15) is 28.7 Å². The van der Waals surface area contributed by atoms with E-state index >= 15 is 0 Å². The average molecular weight is 474 g/mol. The van der Waals surface area contributed by atoms with Gasteiger partial charge in [-0.05, 0) is 55.0 Å². The highest BCUT2D eigenvalue weighted by molar-refractivity contribution is 5.94. The summed E-state index contributed by atoms with van der Waals surface area (Å²) < 4.78 is 28.8. The molecule has 2 atom stereocenters. The van der Waals surface area contributed by atoms with Crippen LogP contribution in [0.5, 0.6) is 0 Å². The molecule has 1 amide bonds. The maximum atomic E-state index is 14.4. The quantitative estimate of drug-likeness (QED) is 0.710. The van der Waals surface area contributed by atoms with Crippen LogP contribution in [0.2, 0.25) is 0 Å². The number of likely N-dealkylation sites (tertiary alicyclic amines) is 1. The lowest BCUT2D eigenvalue weighted by atomic mass is 9.60. The van der Waals surface area contributed by atoms with E-state index in [4.69, 9.17) is 0 Å². The van der Waals surface area contributed by atoms with E-state index < -0.39 is 47.6 Å². The average Bonchev–Trinajstić information content (AvgIpc) is 2.71. The molecule has 8 heteroatoms. The molecule has 184 valence electrons. The van der Waals surface area contributed by atoms with Crippen LogP contribution >= 0.6 is 0 Å². The minimum Gasteiger partial charge on any atom is -0.481 e. The number of amides is 1. The van der Waals surface area contributed by atoms with Crippen molar-refractivity contribution < 1.29 is 23.5 Å². The van der Waals surface area contributed by atoms with Gasteiger partial charge >= 0.3 is 5.97 Å². The van der Waals surface area contributed by atoms with E-state index in [1.807, 2.05) is 32.1 Å². The third-order valence-corrected chi connectivity index (χ3v) is 7.36. The molecule has 0 unspecified atom stereocenters. The first-order chi connectivity index (χ1) is 15.7. The van der Waals surface area contributed by atoms with Gasteiger partial charge in [0.1, 0.15) is 5.54 Å². The van der Waals surface area contributed by atoms with Crippen molar-refractivity contribution in [2.75, 3.05) is 26.7 Å². The number of hydrogen-bond donors (Lipinski definition) is 1. The van der Waals surface area contributed by atoms with Crippen LogP contribution in [0.3, 0.4) is 0 Å². The first-order valence-corrected chi connectivity index (χ1v) is 11.5. The number of aliphatic carboxylic acids is 1. The molecule has 3 rings (SSSR count). The van der Waals surface area contributed by atoms with Crippen molar-refractivity contribution in [3.63, 3.8) is 0 Å². The smallest absolute Gasteiger partial charge is 0.309 e. The molecule has 0 saturated carbocycles. The topological polar surface area (TPSA) is 84.6 Å². The summed E-state index contributed by atoms with van der Waals surface area (Å²) in [7, 11) is 1.43. The fourth-order valence-electron chi connectivity index (χ4n) is 5.93. The molecule has 2 heterocycles. The van der Waals surface area contributed by atoms with Crippen molar-refractivity contribution in [2.45, 2.75) is 58.9 Å². The van der Waals surface area contributed by atoms with Gasteiger partial charge in [0.05, 0.1) is 24.1 Å². The Labute approximate surface area is 199 Å². The van der Waals surface area contributed by atoms with Gasteiger partial charge in [0.2, 0.25) is 5.91 Å². The number of aryl methyl sites for hydroxylation is 2. The summed E-state index contributed by atoms with van der Waals surface area (Å²) in [5.41, 5.74) is 1.96. The van der Waals surface area contributed by atoms with E-state index in [0.29, 0.717) is 18.5 Å². The highest BCUT2D eigenvalue weighted by Crippen LogP contribution is 2.50. The van der Waals surface area contributed by atoms with Crippen LogP contribution in [0.4, 0.5) is 8.78 Å². The first kappa shape index (κ1) is 25.8. The van der Waals surface area contributed by atoms with E-state index in [0.717, 1.165) is 22.3 Å². The lowest BCUT2D eigenvalue weighted by molar-refractivity contribution is -0.199. The number of nitrogens with zero attached hydrogens (tertiary/aromatic N) is 3. The molecule has 1 aromatic carbocycles. The number of carboxylic acids is 1. The molecular weight excluding hydrogens is 440 g/mol. The Kier molecular flexibility index (Phi) is 6.66. The molecule has 1 aromatic rings. The lowest BCUT2D eigenvalue weighted by Gasteiger charge is -2.57. The molecular formula is C26H33F2N3O3. The van der Waals surface area contributed by atoms with E-state index in [-0.39, 0.29) is 6.54 Å². The third-order valence-electron chi connectivity index (χ3n) is 7.36. The summed E-state index contributed by atoms with van der Waals surface area (Å²) in [6.45, 7) is 8.97. The van der Waals surface area contributed by atoms with Crippen LogP contribution in [0.1, 0.15) is 55.9 Å². The maximum Gasteiger partial charge on any atom is 0.309 e. The van der Waals surface area contributed by atoms with E-state index in [1.165, 1.54) is 11.9 Å². The van der Waals surface area contributed by atoms with Gasteiger partial charge in [-0.3, -0.25) is 14.5 Å². The van der Waals surface area contributed by atoms with Crippen LogP contribution in [-0.2, 0) is 9.59 Å². The zero-order valence-corrected chi connectivity index (χ0v) is 20.7. The summed E-state index contributed by atoms with van der Waals surface area (Å²) in [4.78, 5) is 29.1. The molecule has 0 radical (unpaired) electrons. The van der Waals surface area contributed by atoms with Crippen LogP contribution in [0, 0.1) is 36.5 Å². The second-order valence-electron chi connectivity index (χ2n) is 10.7. The second-order valence-corrected chi connectivity index (χ2v) is 10.7. The molecule has 1 N–H and O–H groups in total. The second kappa shape index (κ2) is 8.77. The Bertz CT molecular complexity index is 1060. The number of benzene rings is 1. The fraction of sp³-hybridized carbons (Fsp3) is 0.577. The molecule has 0 bridgehead atoms. The first-order valence-electron chi connectivity index (χ1n) is 11.5. The number of alkyl halides is 2. The van der Waals surface area contributed by atoms with Crippen molar-refractivity contribution in [3.05, 3.63) is 40.5 Å². The number of carbonyl (C=O) groups excluding carboxylic acids is 1. The number of carboxylic acid groups (broad SMARTS) is 1. The monoisotopic (exact) mass is 473 g/mol. The maximum absolute atomic E-state index is 14.4. The van der Waals surface area contributed by atoms with Crippen molar-refractivity contribution in [2.24, 2.45) is 11.3 Å². The Morgan fingerprint density at radius 1 is 1.21 bits per heavy atom. The molecule has 1 saturated heterocycles. The summed E-state index contributed by atoms with van der Waals surface area (Å²) >= 11 is 0. The molecule has 0 aliphatic carbocycles.